The van der Waals surface area contributed by atoms with Crippen molar-refractivity contribution in [1.82, 2.24) is 4.90 Å². The number of ether oxygens (including phenoxy) is 2. The van der Waals surface area contributed by atoms with Gasteiger partial charge in [0.2, 0.25) is 5.91 Å². The highest BCUT2D eigenvalue weighted by atomic mass is 32.1. The van der Waals surface area contributed by atoms with Crippen LogP contribution in [0.1, 0.15) is 36.3 Å². The van der Waals surface area contributed by atoms with Gasteiger partial charge < -0.3 is 14.8 Å². The van der Waals surface area contributed by atoms with E-state index in [-0.39, 0.29) is 18.6 Å². The minimum atomic E-state index is -0.127. The third-order valence-electron chi connectivity index (χ3n) is 5.72. The summed E-state index contributed by atoms with van der Waals surface area (Å²) in [6.45, 7) is 6.30. The van der Waals surface area contributed by atoms with Crippen molar-refractivity contribution in [3.63, 3.8) is 0 Å². The Balaban J connectivity index is 1.37. The van der Waals surface area contributed by atoms with E-state index in [1.807, 2.05) is 36.1 Å². The molecule has 1 N–H and O–H groups in total. The van der Waals surface area contributed by atoms with Gasteiger partial charge in [-0.2, -0.15) is 5.26 Å². The highest BCUT2D eigenvalue weighted by molar-refractivity contribution is 7.16. The van der Waals surface area contributed by atoms with Crippen molar-refractivity contribution in [3.05, 3.63) is 40.3 Å². The summed E-state index contributed by atoms with van der Waals surface area (Å²) >= 11 is 1.56. The monoisotopic (exact) mass is 425 g/mol. The van der Waals surface area contributed by atoms with Gasteiger partial charge in [-0.3, -0.25) is 9.69 Å². The van der Waals surface area contributed by atoms with Crippen LogP contribution in [0.3, 0.4) is 0 Å². The molecular weight excluding hydrogens is 398 g/mol. The molecule has 2 aromatic rings. The van der Waals surface area contributed by atoms with Crippen LogP contribution >= 0.6 is 11.3 Å². The van der Waals surface area contributed by atoms with Crippen LogP contribution in [-0.2, 0) is 17.6 Å². The summed E-state index contributed by atoms with van der Waals surface area (Å²) in [5, 5.41) is 13.3. The van der Waals surface area contributed by atoms with E-state index >= 15 is 0 Å². The molecule has 2 heterocycles. The fourth-order valence-electron chi connectivity index (χ4n) is 4.07. The largest absolute Gasteiger partial charge is 0.486 e. The summed E-state index contributed by atoms with van der Waals surface area (Å²) in [7, 11) is 0. The van der Waals surface area contributed by atoms with E-state index in [2.05, 4.69) is 18.3 Å². The number of carbonyl (C=O) groups excluding carboxylic acids is 1. The van der Waals surface area contributed by atoms with Crippen molar-refractivity contribution in [2.24, 2.45) is 5.92 Å². The van der Waals surface area contributed by atoms with Crippen molar-refractivity contribution >= 4 is 22.2 Å². The fourth-order valence-corrected chi connectivity index (χ4v) is 5.45. The second kappa shape index (κ2) is 9.07. The Morgan fingerprint density at radius 2 is 2.17 bits per heavy atom. The van der Waals surface area contributed by atoms with Crippen molar-refractivity contribution in [2.45, 2.75) is 39.2 Å². The van der Waals surface area contributed by atoms with Gasteiger partial charge in [-0.1, -0.05) is 26.0 Å². The number of hydrogen-bond donors (Lipinski definition) is 1. The molecule has 0 radical (unpaired) electrons. The summed E-state index contributed by atoms with van der Waals surface area (Å²) in [6, 6.07) is 9.94. The first-order valence-corrected chi connectivity index (χ1v) is 11.3. The van der Waals surface area contributed by atoms with E-state index in [4.69, 9.17) is 9.47 Å². The lowest BCUT2D eigenvalue weighted by Crippen LogP contribution is -2.43. The van der Waals surface area contributed by atoms with Crippen molar-refractivity contribution in [1.29, 1.82) is 5.26 Å². The van der Waals surface area contributed by atoms with Crippen molar-refractivity contribution in [3.8, 4) is 17.6 Å². The fraction of sp³-hybridized carbons (Fsp3) is 0.478. The highest BCUT2D eigenvalue weighted by Gasteiger charge is 2.26. The first-order chi connectivity index (χ1) is 14.6. The van der Waals surface area contributed by atoms with Crippen LogP contribution in [-0.4, -0.2) is 43.2 Å². The van der Waals surface area contributed by atoms with Crippen LogP contribution in [0.4, 0.5) is 5.00 Å². The van der Waals surface area contributed by atoms with Gasteiger partial charge in [0.05, 0.1) is 12.1 Å². The maximum absolute atomic E-state index is 12.7. The summed E-state index contributed by atoms with van der Waals surface area (Å²) in [5.74, 6) is 2.03. The quantitative estimate of drug-likeness (QED) is 0.761. The second-order valence-corrected chi connectivity index (χ2v) is 9.15. The lowest BCUT2D eigenvalue weighted by atomic mass is 9.89. The van der Waals surface area contributed by atoms with E-state index in [1.165, 1.54) is 4.88 Å². The number of thiophene rings is 1. The molecule has 1 aliphatic carbocycles. The zero-order valence-electron chi connectivity index (χ0n) is 17.4. The molecule has 0 fully saturated rings. The van der Waals surface area contributed by atoms with Crippen LogP contribution < -0.4 is 14.8 Å². The second-order valence-electron chi connectivity index (χ2n) is 8.04. The number of nitriles is 1. The molecule has 1 aliphatic heterocycles. The Bertz CT molecular complexity index is 965. The van der Waals surface area contributed by atoms with Crippen molar-refractivity contribution in [2.75, 3.05) is 31.6 Å². The minimum absolute atomic E-state index is 0.0999. The summed E-state index contributed by atoms with van der Waals surface area (Å²) < 4.78 is 11.8. The van der Waals surface area contributed by atoms with E-state index in [0.29, 0.717) is 29.6 Å². The molecule has 158 valence electrons. The molecule has 30 heavy (non-hydrogen) atoms. The molecule has 0 saturated heterocycles. The molecule has 0 saturated carbocycles. The molecule has 7 heteroatoms. The van der Waals surface area contributed by atoms with Gasteiger partial charge in [0.25, 0.3) is 0 Å². The molecule has 1 aromatic heterocycles. The topological polar surface area (TPSA) is 74.6 Å². The van der Waals surface area contributed by atoms with Gasteiger partial charge in [0.15, 0.2) is 11.5 Å². The van der Waals surface area contributed by atoms with Gasteiger partial charge in [-0.25, -0.2) is 0 Å². The number of nitrogens with zero attached hydrogens (tertiary/aromatic N) is 2. The van der Waals surface area contributed by atoms with Crippen molar-refractivity contribution < 1.29 is 14.3 Å². The lowest BCUT2D eigenvalue weighted by Gasteiger charge is -2.30. The zero-order chi connectivity index (χ0) is 21.1. The molecule has 0 spiro atoms. The Morgan fingerprint density at radius 1 is 1.37 bits per heavy atom. The Kier molecular flexibility index (Phi) is 6.26. The average Bonchev–Trinajstić information content (AvgIpc) is 3.08. The molecule has 0 bridgehead atoms. The van der Waals surface area contributed by atoms with Crippen LogP contribution in [0.25, 0.3) is 0 Å². The molecule has 6 nitrogen and oxygen atoms in total. The molecule has 2 aliphatic rings. The van der Waals surface area contributed by atoms with Gasteiger partial charge in [0, 0.05) is 11.4 Å². The number of rotatable bonds is 6. The maximum Gasteiger partial charge on any atom is 0.239 e. The van der Waals surface area contributed by atoms with E-state index < -0.39 is 0 Å². The number of amides is 1. The Hall–Kier alpha value is -2.56. The Morgan fingerprint density at radius 3 is 2.93 bits per heavy atom. The van der Waals surface area contributed by atoms with Crippen LogP contribution in [0.5, 0.6) is 11.5 Å². The standard InChI is InChI=1S/C23H27N3O3S/c1-3-26(12-16-14-28-19-6-4-5-7-20(19)29-16)13-22(27)25-23-18(11-24)17-9-8-15(2)10-21(17)30-23/h4-7,15-16H,3,8-10,12-14H2,1-2H3,(H,25,27). The predicted molar refractivity (Wildman–Crippen MR) is 117 cm³/mol. The number of carbonyl (C=O) groups is 1. The van der Waals surface area contributed by atoms with Gasteiger partial charge in [0.1, 0.15) is 23.8 Å². The predicted octanol–water partition coefficient (Wildman–Crippen LogP) is 3.84. The summed E-state index contributed by atoms with van der Waals surface area (Å²) in [5.41, 5.74) is 1.79. The molecule has 1 aromatic carbocycles. The maximum atomic E-state index is 12.7. The van der Waals surface area contributed by atoms with E-state index in [9.17, 15) is 10.1 Å². The SMILES string of the molecule is CCN(CC(=O)Nc1sc2c(c1C#N)CCC(C)C2)CC1COc2ccccc2O1. The smallest absolute Gasteiger partial charge is 0.239 e. The summed E-state index contributed by atoms with van der Waals surface area (Å²) in [4.78, 5) is 16.0. The number of nitrogens with one attached hydrogen (secondary N) is 1. The van der Waals surface area contributed by atoms with Crippen LogP contribution in [0.15, 0.2) is 24.3 Å². The normalized spacial score (nSPS) is 19.8. The van der Waals surface area contributed by atoms with Crippen LogP contribution in [0, 0.1) is 17.2 Å². The van der Waals surface area contributed by atoms with Gasteiger partial charge >= 0.3 is 0 Å². The molecule has 4 rings (SSSR count). The number of fused-ring (bicyclic) bond motifs is 2. The highest BCUT2D eigenvalue weighted by Crippen LogP contribution is 2.39. The van der Waals surface area contributed by atoms with E-state index in [1.54, 1.807) is 11.3 Å². The van der Waals surface area contributed by atoms with Crippen LogP contribution in [0.2, 0.25) is 0 Å². The van der Waals surface area contributed by atoms with Gasteiger partial charge in [-0.15, -0.1) is 11.3 Å². The first-order valence-electron chi connectivity index (χ1n) is 10.5. The minimum Gasteiger partial charge on any atom is -0.486 e. The number of benzene rings is 1. The third-order valence-corrected chi connectivity index (χ3v) is 6.89. The van der Waals surface area contributed by atoms with E-state index in [0.717, 1.165) is 42.9 Å². The average molecular weight is 426 g/mol. The summed E-state index contributed by atoms with van der Waals surface area (Å²) in [6.07, 6.45) is 2.89. The molecule has 2 atom stereocenters. The first kappa shape index (κ1) is 20.7. The number of likely N-dealkylation sites (N-methyl/N-ethyl adjacent to an activating group) is 1. The number of hydrogen-bond acceptors (Lipinski definition) is 6. The molecular formula is C23H27N3O3S. The zero-order valence-corrected chi connectivity index (χ0v) is 18.3. The number of anilines is 1. The molecule has 2 unspecified atom stereocenters. The Labute approximate surface area is 181 Å². The van der Waals surface area contributed by atoms with Gasteiger partial charge in [-0.05, 0) is 49.4 Å². The molecule has 1 amide bonds. The lowest BCUT2D eigenvalue weighted by molar-refractivity contribution is -0.117. The number of para-hydroxylation sites is 2. The third kappa shape index (κ3) is 4.45.